The average molecular weight is 342 g/mol. The minimum absolute atomic E-state index is 0.186. The highest BCUT2D eigenvalue weighted by atomic mass is 16.5. The molecule has 0 radical (unpaired) electrons. The van der Waals surface area contributed by atoms with Crippen LogP contribution >= 0.6 is 0 Å². The maximum atomic E-state index is 5.75. The number of hydrogen-bond acceptors (Lipinski definition) is 9. The molecule has 0 fully saturated rings. The number of aromatic nitrogens is 8. The largest absolute Gasteiger partial charge is 0.491 e. The molecule has 4 heterocycles. The highest BCUT2D eigenvalue weighted by Crippen LogP contribution is 2.27. The van der Waals surface area contributed by atoms with Crippen LogP contribution < -0.4 is 9.47 Å². The van der Waals surface area contributed by atoms with Gasteiger partial charge in [0.15, 0.2) is 22.9 Å². The van der Waals surface area contributed by atoms with Crippen LogP contribution in [-0.2, 0) is 13.7 Å². The standard InChI is InChI=1S/C14H14N8O3/c1-8-4-9(20-25-8)13-18-17-11-5-10(23-3)14(19-22(11)13)24-6-12-15-7-16-21(12)2/h4-5,7H,6H2,1-3H3. The molecule has 0 saturated carbocycles. The van der Waals surface area contributed by atoms with Gasteiger partial charge in [-0.15, -0.1) is 15.3 Å². The summed E-state index contributed by atoms with van der Waals surface area (Å²) >= 11 is 0. The molecule has 0 aliphatic rings. The van der Waals surface area contributed by atoms with Crippen LogP contribution in [0.2, 0.25) is 0 Å². The molecule has 128 valence electrons. The molecule has 0 bridgehead atoms. The molecule has 0 N–H and O–H groups in total. The summed E-state index contributed by atoms with van der Waals surface area (Å²) in [6, 6.07) is 3.44. The zero-order chi connectivity index (χ0) is 17.4. The van der Waals surface area contributed by atoms with Crippen LogP contribution in [0.5, 0.6) is 11.6 Å². The molecule has 0 aromatic carbocycles. The molecule has 0 atom stereocenters. The Morgan fingerprint density at radius 3 is 2.80 bits per heavy atom. The van der Waals surface area contributed by atoms with Crippen molar-refractivity contribution in [1.29, 1.82) is 0 Å². The Bertz CT molecular complexity index is 1030. The number of ether oxygens (including phenoxy) is 2. The predicted molar refractivity (Wildman–Crippen MR) is 82.9 cm³/mol. The third-order valence-corrected chi connectivity index (χ3v) is 3.55. The van der Waals surface area contributed by atoms with Crippen LogP contribution in [0.1, 0.15) is 11.6 Å². The second kappa shape index (κ2) is 5.85. The maximum absolute atomic E-state index is 5.75. The Morgan fingerprint density at radius 1 is 1.24 bits per heavy atom. The lowest BCUT2D eigenvalue weighted by molar-refractivity contribution is 0.256. The molecule has 25 heavy (non-hydrogen) atoms. The summed E-state index contributed by atoms with van der Waals surface area (Å²) < 4.78 is 19.3. The lowest BCUT2D eigenvalue weighted by Gasteiger charge is -2.09. The summed E-state index contributed by atoms with van der Waals surface area (Å²) in [7, 11) is 3.31. The molecular formula is C14H14N8O3. The van der Waals surface area contributed by atoms with Gasteiger partial charge in [-0.2, -0.15) is 9.61 Å². The summed E-state index contributed by atoms with van der Waals surface area (Å²) in [6.45, 7) is 1.98. The summed E-state index contributed by atoms with van der Waals surface area (Å²) in [5, 5.41) is 20.6. The van der Waals surface area contributed by atoms with Gasteiger partial charge in [0.25, 0.3) is 5.88 Å². The summed E-state index contributed by atoms with van der Waals surface area (Å²) in [6.07, 6.45) is 1.46. The van der Waals surface area contributed by atoms with Crippen LogP contribution in [0, 0.1) is 6.92 Å². The summed E-state index contributed by atoms with van der Waals surface area (Å²) in [5.41, 5.74) is 1.03. The van der Waals surface area contributed by atoms with E-state index >= 15 is 0 Å². The van der Waals surface area contributed by atoms with E-state index in [2.05, 4.69) is 30.5 Å². The SMILES string of the molecule is COc1cc2nnc(-c3cc(C)on3)n2nc1OCc1ncnn1C. The van der Waals surface area contributed by atoms with E-state index in [9.17, 15) is 0 Å². The van der Waals surface area contributed by atoms with E-state index in [4.69, 9.17) is 14.0 Å². The highest BCUT2D eigenvalue weighted by molar-refractivity contribution is 5.56. The van der Waals surface area contributed by atoms with Crippen molar-refractivity contribution in [2.45, 2.75) is 13.5 Å². The van der Waals surface area contributed by atoms with Gasteiger partial charge in [0, 0.05) is 19.2 Å². The van der Waals surface area contributed by atoms with E-state index in [1.165, 1.54) is 18.0 Å². The third-order valence-electron chi connectivity index (χ3n) is 3.55. The Kier molecular flexibility index (Phi) is 3.52. The lowest BCUT2D eigenvalue weighted by Crippen LogP contribution is -2.08. The first-order chi connectivity index (χ1) is 12.2. The molecule has 0 aliphatic heterocycles. The summed E-state index contributed by atoms with van der Waals surface area (Å²) in [4.78, 5) is 4.11. The second-order valence-electron chi connectivity index (χ2n) is 5.22. The third kappa shape index (κ3) is 2.65. The van der Waals surface area contributed by atoms with Crippen molar-refractivity contribution in [3.05, 3.63) is 30.0 Å². The van der Waals surface area contributed by atoms with E-state index in [1.807, 2.05) is 0 Å². The number of hydrogen-bond donors (Lipinski definition) is 0. The highest BCUT2D eigenvalue weighted by Gasteiger charge is 2.18. The molecule has 4 rings (SSSR count). The van der Waals surface area contributed by atoms with Crippen LogP contribution in [0.3, 0.4) is 0 Å². The summed E-state index contributed by atoms with van der Waals surface area (Å²) in [5.74, 6) is 2.47. The average Bonchev–Trinajstić information content (AvgIpc) is 3.31. The molecule has 0 spiro atoms. The van der Waals surface area contributed by atoms with Crippen LogP contribution in [-0.4, -0.2) is 46.8 Å². The number of nitrogens with zero attached hydrogens (tertiary/aromatic N) is 8. The van der Waals surface area contributed by atoms with Gasteiger partial charge in [-0.1, -0.05) is 5.16 Å². The van der Waals surface area contributed by atoms with Crippen molar-refractivity contribution in [2.24, 2.45) is 7.05 Å². The minimum Gasteiger partial charge on any atom is -0.491 e. The van der Waals surface area contributed by atoms with Crippen LogP contribution in [0.4, 0.5) is 0 Å². The molecule has 0 amide bonds. The first-order valence-electron chi connectivity index (χ1n) is 7.35. The second-order valence-corrected chi connectivity index (χ2v) is 5.22. The molecule has 0 aliphatic carbocycles. The predicted octanol–water partition coefficient (Wildman–Crippen LogP) is 0.804. The number of fused-ring (bicyclic) bond motifs is 1. The number of aryl methyl sites for hydroxylation is 2. The van der Waals surface area contributed by atoms with Crippen molar-refractivity contribution < 1.29 is 14.0 Å². The van der Waals surface area contributed by atoms with Crippen LogP contribution in [0.15, 0.2) is 23.0 Å². The van der Waals surface area contributed by atoms with E-state index in [0.717, 1.165) is 0 Å². The molecule has 4 aromatic heterocycles. The Morgan fingerprint density at radius 2 is 2.12 bits per heavy atom. The van der Waals surface area contributed by atoms with Gasteiger partial charge < -0.3 is 14.0 Å². The molecule has 11 heteroatoms. The van der Waals surface area contributed by atoms with E-state index in [1.54, 1.807) is 30.8 Å². The van der Waals surface area contributed by atoms with Gasteiger partial charge in [-0.3, -0.25) is 4.68 Å². The molecular weight excluding hydrogens is 328 g/mol. The molecule has 0 saturated heterocycles. The van der Waals surface area contributed by atoms with Gasteiger partial charge in [0.2, 0.25) is 5.82 Å². The van der Waals surface area contributed by atoms with Crippen LogP contribution in [0.25, 0.3) is 17.2 Å². The molecule has 0 unspecified atom stereocenters. The van der Waals surface area contributed by atoms with E-state index in [0.29, 0.717) is 34.5 Å². The van der Waals surface area contributed by atoms with Crippen molar-refractivity contribution in [2.75, 3.05) is 7.11 Å². The monoisotopic (exact) mass is 342 g/mol. The van der Waals surface area contributed by atoms with Gasteiger partial charge in [-0.25, -0.2) is 4.98 Å². The zero-order valence-electron chi connectivity index (χ0n) is 13.7. The zero-order valence-corrected chi connectivity index (χ0v) is 13.7. The van der Waals surface area contributed by atoms with E-state index in [-0.39, 0.29) is 12.5 Å². The Labute approximate surface area is 141 Å². The van der Waals surface area contributed by atoms with Gasteiger partial charge >= 0.3 is 0 Å². The Balaban J connectivity index is 1.73. The first kappa shape index (κ1) is 15.1. The fourth-order valence-electron chi connectivity index (χ4n) is 2.26. The normalized spacial score (nSPS) is 11.2. The first-order valence-corrected chi connectivity index (χ1v) is 7.35. The van der Waals surface area contributed by atoms with Gasteiger partial charge in [-0.05, 0) is 6.92 Å². The van der Waals surface area contributed by atoms with Crippen molar-refractivity contribution in [3.63, 3.8) is 0 Å². The van der Waals surface area contributed by atoms with Crippen molar-refractivity contribution in [3.8, 4) is 23.1 Å². The van der Waals surface area contributed by atoms with E-state index < -0.39 is 0 Å². The fraction of sp³-hybridized carbons (Fsp3) is 0.286. The maximum Gasteiger partial charge on any atom is 0.275 e. The fourth-order valence-corrected chi connectivity index (χ4v) is 2.26. The minimum atomic E-state index is 0.186. The molecule has 11 nitrogen and oxygen atoms in total. The smallest absolute Gasteiger partial charge is 0.275 e. The van der Waals surface area contributed by atoms with Gasteiger partial charge in [0.1, 0.15) is 18.7 Å². The Hall–Kier alpha value is -3.50. The van der Waals surface area contributed by atoms with Crippen molar-refractivity contribution in [1.82, 2.24) is 39.7 Å². The van der Waals surface area contributed by atoms with Gasteiger partial charge in [0.05, 0.1) is 7.11 Å². The molecule has 4 aromatic rings. The number of methoxy groups -OCH3 is 1. The van der Waals surface area contributed by atoms with Crippen molar-refractivity contribution >= 4 is 5.65 Å². The number of rotatable bonds is 5. The lowest BCUT2D eigenvalue weighted by atomic mass is 10.3. The topological polar surface area (TPSA) is 118 Å². The quantitative estimate of drug-likeness (QED) is 0.519.